The van der Waals surface area contributed by atoms with E-state index in [1.807, 2.05) is 0 Å². The predicted molar refractivity (Wildman–Crippen MR) is 55.4 cm³/mol. The molecule has 0 radical (unpaired) electrons. The third-order valence-electron chi connectivity index (χ3n) is 2.08. The Hall–Kier alpha value is -2.51. The van der Waals surface area contributed by atoms with Gasteiger partial charge in [0.2, 0.25) is 5.95 Å². The maximum absolute atomic E-state index is 13.4. The first-order valence-corrected chi connectivity index (χ1v) is 4.60. The van der Waals surface area contributed by atoms with E-state index in [1.54, 1.807) is 7.05 Å². The first-order valence-electron chi connectivity index (χ1n) is 4.60. The zero-order chi connectivity index (χ0) is 12.4. The van der Waals surface area contributed by atoms with Gasteiger partial charge in [0.25, 0.3) is 0 Å². The first-order chi connectivity index (χ1) is 8.08. The summed E-state index contributed by atoms with van der Waals surface area (Å²) in [6, 6.07) is 3.67. The van der Waals surface area contributed by atoms with Crippen molar-refractivity contribution in [2.45, 2.75) is 0 Å². The van der Waals surface area contributed by atoms with E-state index in [-0.39, 0.29) is 5.56 Å². The summed E-state index contributed by atoms with van der Waals surface area (Å²) >= 11 is 0. The molecular formula is C9H8FN5O2. The average Bonchev–Trinajstić information content (AvgIpc) is 2.64. The van der Waals surface area contributed by atoms with Crippen molar-refractivity contribution in [1.82, 2.24) is 20.2 Å². The summed E-state index contributed by atoms with van der Waals surface area (Å²) in [7, 11) is 1.62. The first kappa shape index (κ1) is 11.0. The van der Waals surface area contributed by atoms with Crippen LogP contribution in [0.2, 0.25) is 0 Å². The number of halogens is 1. The lowest BCUT2D eigenvalue weighted by Crippen LogP contribution is -2.03. The quantitative estimate of drug-likeness (QED) is 0.819. The maximum atomic E-state index is 13.4. The highest BCUT2D eigenvalue weighted by Crippen LogP contribution is 2.17. The number of rotatable bonds is 3. The molecule has 0 aliphatic carbocycles. The molecule has 2 rings (SSSR count). The van der Waals surface area contributed by atoms with E-state index in [9.17, 15) is 9.18 Å². The molecule has 0 amide bonds. The highest BCUT2D eigenvalue weighted by Gasteiger charge is 2.11. The number of hydrogen-bond donors (Lipinski definition) is 2. The third kappa shape index (κ3) is 2.19. The van der Waals surface area contributed by atoms with Crippen LogP contribution in [0, 0.1) is 5.82 Å². The number of benzene rings is 1. The topological polar surface area (TPSA) is 92.9 Å². The van der Waals surface area contributed by atoms with Crippen LogP contribution in [-0.2, 0) is 7.05 Å². The number of aryl methyl sites for hydroxylation is 1. The number of nitrogens with one attached hydrogen (secondary N) is 1. The number of carboxylic acids is 1. The van der Waals surface area contributed by atoms with Crippen LogP contribution in [0.4, 0.5) is 16.0 Å². The van der Waals surface area contributed by atoms with E-state index in [1.165, 1.54) is 16.8 Å². The van der Waals surface area contributed by atoms with Crippen LogP contribution >= 0.6 is 0 Å². The molecule has 0 atom stereocenters. The van der Waals surface area contributed by atoms with Crippen molar-refractivity contribution in [2.24, 2.45) is 7.05 Å². The van der Waals surface area contributed by atoms with E-state index in [0.717, 1.165) is 6.07 Å². The fourth-order valence-corrected chi connectivity index (χ4v) is 1.23. The lowest BCUT2D eigenvalue weighted by molar-refractivity contribution is 0.0692. The molecule has 0 bridgehead atoms. The lowest BCUT2D eigenvalue weighted by Gasteiger charge is -2.05. The Morgan fingerprint density at radius 2 is 2.29 bits per heavy atom. The van der Waals surface area contributed by atoms with E-state index in [0.29, 0.717) is 11.6 Å². The SMILES string of the molecule is Cn1nnnc1Nc1ccc(C(=O)O)c(F)c1. The van der Waals surface area contributed by atoms with Gasteiger partial charge >= 0.3 is 5.97 Å². The van der Waals surface area contributed by atoms with Gasteiger partial charge in [-0.05, 0) is 28.6 Å². The van der Waals surface area contributed by atoms with E-state index < -0.39 is 11.8 Å². The molecule has 0 aliphatic heterocycles. The molecule has 0 saturated heterocycles. The Kier molecular flexibility index (Phi) is 2.69. The molecule has 17 heavy (non-hydrogen) atoms. The second-order valence-corrected chi connectivity index (χ2v) is 3.25. The van der Waals surface area contributed by atoms with Gasteiger partial charge in [-0.3, -0.25) is 0 Å². The third-order valence-corrected chi connectivity index (χ3v) is 2.08. The molecule has 0 aliphatic rings. The fourth-order valence-electron chi connectivity index (χ4n) is 1.23. The summed E-state index contributed by atoms with van der Waals surface area (Å²) in [4.78, 5) is 10.6. The van der Waals surface area contributed by atoms with Gasteiger partial charge in [-0.25, -0.2) is 13.9 Å². The number of anilines is 2. The molecule has 1 aromatic carbocycles. The minimum absolute atomic E-state index is 0.326. The van der Waals surface area contributed by atoms with Gasteiger partial charge in [0.05, 0.1) is 5.56 Å². The Labute approximate surface area is 94.9 Å². The van der Waals surface area contributed by atoms with Crippen molar-refractivity contribution < 1.29 is 14.3 Å². The summed E-state index contributed by atoms with van der Waals surface area (Å²) in [5.41, 5.74) is -0.0166. The number of aromatic carboxylic acids is 1. The van der Waals surface area contributed by atoms with Crippen LogP contribution in [0.5, 0.6) is 0 Å². The normalized spacial score (nSPS) is 10.2. The molecular weight excluding hydrogens is 229 g/mol. The standard InChI is InChI=1S/C9H8FN5O2/c1-15-9(12-13-14-15)11-5-2-3-6(8(16)17)7(10)4-5/h2-4H,1H3,(H,16,17)(H,11,12,14). The highest BCUT2D eigenvalue weighted by atomic mass is 19.1. The van der Waals surface area contributed by atoms with Gasteiger partial charge in [0, 0.05) is 12.7 Å². The van der Waals surface area contributed by atoms with Crippen molar-refractivity contribution in [3.8, 4) is 0 Å². The van der Waals surface area contributed by atoms with Crippen LogP contribution < -0.4 is 5.32 Å². The van der Waals surface area contributed by atoms with Crippen LogP contribution in [-0.4, -0.2) is 31.3 Å². The minimum atomic E-state index is -1.31. The molecule has 1 aromatic heterocycles. The Morgan fingerprint density at radius 3 is 2.82 bits per heavy atom. The van der Waals surface area contributed by atoms with Crippen molar-refractivity contribution in [1.29, 1.82) is 0 Å². The van der Waals surface area contributed by atoms with E-state index >= 15 is 0 Å². The van der Waals surface area contributed by atoms with E-state index in [2.05, 4.69) is 20.8 Å². The van der Waals surface area contributed by atoms with Crippen molar-refractivity contribution >= 4 is 17.6 Å². The van der Waals surface area contributed by atoms with Crippen LogP contribution in [0.25, 0.3) is 0 Å². The molecule has 7 nitrogen and oxygen atoms in total. The maximum Gasteiger partial charge on any atom is 0.338 e. The average molecular weight is 237 g/mol. The highest BCUT2D eigenvalue weighted by molar-refractivity contribution is 5.88. The number of carbonyl (C=O) groups is 1. The summed E-state index contributed by atoms with van der Waals surface area (Å²) in [5, 5.41) is 22.0. The summed E-state index contributed by atoms with van der Waals surface area (Å²) < 4.78 is 14.7. The van der Waals surface area contributed by atoms with Gasteiger partial charge in [-0.1, -0.05) is 5.10 Å². The number of carboxylic acid groups (broad SMARTS) is 1. The Morgan fingerprint density at radius 1 is 1.53 bits per heavy atom. The van der Waals surface area contributed by atoms with Crippen molar-refractivity contribution in [3.05, 3.63) is 29.6 Å². The Bertz CT molecular complexity index is 568. The number of hydrogen-bond acceptors (Lipinski definition) is 5. The van der Waals surface area contributed by atoms with Gasteiger partial charge in [-0.2, -0.15) is 0 Å². The minimum Gasteiger partial charge on any atom is -0.478 e. The zero-order valence-electron chi connectivity index (χ0n) is 8.75. The molecule has 0 saturated carbocycles. The van der Waals surface area contributed by atoms with Gasteiger partial charge in [0.1, 0.15) is 5.82 Å². The molecule has 88 valence electrons. The summed E-state index contributed by atoms with van der Waals surface area (Å²) in [6.45, 7) is 0. The fraction of sp³-hybridized carbons (Fsp3) is 0.111. The second-order valence-electron chi connectivity index (χ2n) is 3.25. The summed E-state index contributed by atoms with van der Waals surface area (Å²) in [5.74, 6) is -1.81. The van der Waals surface area contributed by atoms with Gasteiger partial charge < -0.3 is 10.4 Å². The molecule has 0 fully saturated rings. The monoisotopic (exact) mass is 237 g/mol. The smallest absolute Gasteiger partial charge is 0.338 e. The lowest BCUT2D eigenvalue weighted by atomic mass is 10.2. The number of nitrogens with zero attached hydrogens (tertiary/aromatic N) is 4. The number of aromatic nitrogens is 4. The summed E-state index contributed by atoms with van der Waals surface area (Å²) in [6.07, 6.45) is 0. The molecule has 2 N–H and O–H groups in total. The van der Waals surface area contributed by atoms with Crippen LogP contribution in [0.3, 0.4) is 0 Å². The number of tetrazole rings is 1. The Balaban J connectivity index is 2.27. The molecule has 2 aromatic rings. The van der Waals surface area contributed by atoms with Gasteiger partial charge in [0.15, 0.2) is 0 Å². The van der Waals surface area contributed by atoms with Gasteiger partial charge in [-0.15, -0.1) is 0 Å². The molecule has 8 heteroatoms. The van der Waals surface area contributed by atoms with Crippen LogP contribution in [0.15, 0.2) is 18.2 Å². The molecule has 1 heterocycles. The van der Waals surface area contributed by atoms with Crippen molar-refractivity contribution in [2.75, 3.05) is 5.32 Å². The van der Waals surface area contributed by atoms with E-state index in [4.69, 9.17) is 5.11 Å². The molecule has 0 unspecified atom stereocenters. The largest absolute Gasteiger partial charge is 0.478 e. The van der Waals surface area contributed by atoms with Crippen molar-refractivity contribution in [3.63, 3.8) is 0 Å². The molecule has 0 spiro atoms. The second kappa shape index (κ2) is 4.16. The van der Waals surface area contributed by atoms with Crippen LogP contribution in [0.1, 0.15) is 10.4 Å². The predicted octanol–water partition coefficient (Wildman–Crippen LogP) is 0.791. The zero-order valence-corrected chi connectivity index (χ0v) is 8.75.